The van der Waals surface area contributed by atoms with Gasteiger partial charge in [0.2, 0.25) is 0 Å². The first-order valence-corrected chi connectivity index (χ1v) is 8.49. The Kier molecular flexibility index (Phi) is 4.61. The van der Waals surface area contributed by atoms with Crippen LogP contribution in [0.3, 0.4) is 0 Å². The number of thiophene rings is 1. The predicted octanol–water partition coefficient (Wildman–Crippen LogP) is 3.19. The van der Waals surface area contributed by atoms with Gasteiger partial charge in [-0.15, -0.1) is 11.3 Å². The predicted molar refractivity (Wildman–Crippen MR) is 77.0 cm³/mol. The van der Waals surface area contributed by atoms with Crippen molar-refractivity contribution in [2.24, 2.45) is 5.73 Å². The molecule has 0 radical (unpaired) electrons. The van der Waals surface area contributed by atoms with Crippen LogP contribution in [0.4, 0.5) is 18.9 Å². The molecule has 0 saturated carbocycles. The third-order valence-electron chi connectivity index (χ3n) is 2.43. The number of anilines is 1. The molecule has 0 saturated heterocycles. The molecule has 10 heteroatoms. The minimum atomic E-state index is -4.08. The van der Waals surface area contributed by atoms with Gasteiger partial charge in [0, 0.05) is 23.6 Å². The van der Waals surface area contributed by atoms with Crippen molar-refractivity contribution in [2.45, 2.75) is 11.4 Å². The van der Waals surface area contributed by atoms with E-state index in [0.29, 0.717) is 20.8 Å². The Morgan fingerprint density at radius 1 is 1.19 bits per heavy atom. The molecule has 1 heterocycles. The third kappa shape index (κ3) is 3.39. The molecule has 0 amide bonds. The first kappa shape index (κ1) is 16.3. The molecule has 0 aliphatic rings. The van der Waals surface area contributed by atoms with Crippen molar-refractivity contribution >= 4 is 43.0 Å². The van der Waals surface area contributed by atoms with Crippen LogP contribution in [0.5, 0.6) is 0 Å². The number of hydrogen-bond acceptors (Lipinski definition) is 4. The summed E-state index contributed by atoms with van der Waals surface area (Å²) in [7, 11) is -4.08. The molecular formula is C11H8BrF3N2O2S2. The number of sulfonamides is 1. The van der Waals surface area contributed by atoms with Crippen molar-refractivity contribution in [2.75, 3.05) is 4.72 Å². The zero-order valence-corrected chi connectivity index (χ0v) is 13.4. The summed E-state index contributed by atoms with van der Waals surface area (Å²) in [5, 5.41) is 0. The summed E-state index contributed by atoms with van der Waals surface area (Å²) in [5.41, 5.74) is 5.00. The van der Waals surface area contributed by atoms with Crippen LogP contribution in [0.1, 0.15) is 4.88 Å². The first-order valence-electron chi connectivity index (χ1n) is 5.40. The monoisotopic (exact) mass is 400 g/mol. The molecule has 0 fully saturated rings. The molecule has 0 unspecified atom stereocenters. The van der Waals surface area contributed by atoms with Gasteiger partial charge in [0.25, 0.3) is 10.0 Å². The van der Waals surface area contributed by atoms with Gasteiger partial charge in [-0.2, -0.15) is 0 Å². The van der Waals surface area contributed by atoms with Crippen molar-refractivity contribution in [3.05, 3.63) is 44.3 Å². The highest BCUT2D eigenvalue weighted by Crippen LogP contribution is 2.32. The molecule has 0 bridgehead atoms. The largest absolute Gasteiger partial charge is 0.326 e. The molecule has 0 atom stereocenters. The number of nitrogens with two attached hydrogens (primary N) is 1. The van der Waals surface area contributed by atoms with Gasteiger partial charge in [0.1, 0.15) is 4.90 Å². The van der Waals surface area contributed by atoms with Crippen molar-refractivity contribution in [1.82, 2.24) is 0 Å². The summed E-state index contributed by atoms with van der Waals surface area (Å²) in [4.78, 5) is 0.497. The summed E-state index contributed by atoms with van der Waals surface area (Å²) in [6.07, 6.45) is 0. The Hall–Kier alpha value is -1.10. The van der Waals surface area contributed by atoms with E-state index in [-0.39, 0.29) is 11.4 Å². The lowest BCUT2D eigenvalue weighted by Gasteiger charge is -2.08. The topological polar surface area (TPSA) is 72.2 Å². The van der Waals surface area contributed by atoms with Crippen LogP contribution in [-0.4, -0.2) is 8.42 Å². The normalized spacial score (nSPS) is 11.7. The molecule has 0 spiro atoms. The summed E-state index contributed by atoms with van der Waals surface area (Å²) >= 11 is 4.21. The molecule has 2 rings (SSSR count). The molecule has 4 nitrogen and oxygen atoms in total. The number of hydrogen-bond donors (Lipinski definition) is 2. The van der Waals surface area contributed by atoms with Gasteiger partial charge in [-0.05, 0) is 22.0 Å². The number of rotatable bonds is 4. The Morgan fingerprint density at radius 2 is 1.76 bits per heavy atom. The van der Waals surface area contributed by atoms with Gasteiger partial charge in [-0.25, -0.2) is 21.6 Å². The van der Waals surface area contributed by atoms with E-state index < -0.39 is 33.2 Å². The lowest BCUT2D eigenvalue weighted by atomic mass is 10.3. The maximum absolute atomic E-state index is 13.1. The maximum atomic E-state index is 13.1. The second-order valence-corrected chi connectivity index (χ2v) is 8.02. The summed E-state index contributed by atoms with van der Waals surface area (Å²) in [6, 6.07) is 2.45. The van der Waals surface area contributed by atoms with E-state index in [4.69, 9.17) is 5.73 Å². The molecule has 3 N–H and O–H groups in total. The Labute approximate surface area is 131 Å². The van der Waals surface area contributed by atoms with Crippen LogP contribution >= 0.6 is 27.3 Å². The third-order valence-corrected chi connectivity index (χ3v) is 6.09. The van der Waals surface area contributed by atoms with Gasteiger partial charge in [-0.1, -0.05) is 0 Å². The summed E-state index contributed by atoms with van der Waals surface area (Å²) in [6.45, 7) is 0.151. The highest BCUT2D eigenvalue weighted by atomic mass is 79.9. The van der Waals surface area contributed by atoms with Crippen LogP contribution in [0.2, 0.25) is 0 Å². The van der Waals surface area contributed by atoms with E-state index >= 15 is 0 Å². The summed E-state index contributed by atoms with van der Waals surface area (Å²) < 4.78 is 65.6. The second-order valence-electron chi connectivity index (χ2n) is 3.91. The lowest BCUT2D eigenvalue weighted by molar-refractivity contribution is 0.448. The zero-order valence-electron chi connectivity index (χ0n) is 10.2. The molecular weight excluding hydrogens is 393 g/mol. The van der Waals surface area contributed by atoms with Crippen molar-refractivity contribution < 1.29 is 21.6 Å². The van der Waals surface area contributed by atoms with Crippen molar-refractivity contribution in [1.29, 1.82) is 0 Å². The Morgan fingerprint density at radius 3 is 2.24 bits per heavy atom. The van der Waals surface area contributed by atoms with E-state index in [9.17, 15) is 21.6 Å². The van der Waals surface area contributed by atoms with Crippen molar-refractivity contribution in [3.8, 4) is 0 Å². The van der Waals surface area contributed by atoms with Gasteiger partial charge in [0.05, 0.1) is 9.47 Å². The molecule has 0 aliphatic heterocycles. The first-order chi connectivity index (χ1) is 9.74. The van der Waals surface area contributed by atoms with Crippen LogP contribution in [0.25, 0.3) is 0 Å². The van der Waals surface area contributed by atoms with Gasteiger partial charge < -0.3 is 5.73 Å². The summed E-state index contributed by atoms with van der Waals surface area (Å²) in [5.74, 6) is -4.64. The van der Waals surface area contributed by atoms with Crippen LogP contribution in [-0.2, 0) is 16.6 Å². The van der Waals surface area contributed by atoms with E-state index in [1.807, 2.05) is 4.72 Å². The highest BCUT2D eigenvalue weighted by Gasteiger charge is 2.22. The number of halogens is 4. The van der Waals surface area contributed by atoms with E-state index in [1.165, 1.54) is 6.07 Å². The minimum Gasteiger partial charge on any atom is -0.326 e. The Balaban J connectivity index is 2.39. The smallest absolute Gasteiger partial charge is 0.263 e. The molecule has 114 valence electrons. The van der Waals surface area contributed by atoms with Gasteiger partial charge >= 0.3 is 0 Å². The van der Waals surface area contributed by atoms with E-state index in [1.54, 1.807) is 0 Å². The van der Waals surface area contributed by atoms with Crippen LogP contribution in [0.15, 0.2) is 26.9 Å². The van der Waals surface area contributed by atoms with Gasteiger partial charge in [-0.3, -0.25) is 4.72 Å². The SMILES string of the molecule is NCc1cc(S(=O)(=O)Nc2cc(F)c(F)c(F)c2)c(Br)s1. The zero-order chi connectivity index (χ0) is 15.8. The van der Waals surface area contributed by atoms with E-state index in [0.717, 1.165) is 11.3 Å². The maximum Gasteiger partial charge on any atom is 0.263 e. The van der Waals surface area contributed by atoms with E-state index in [2.05, 4.69) is 15.9 Å². The van der Waals surface area contributed by atoms with Gasteiger partial charge in [0.15, 0.2) is 17.5 Å². The average Bonchev–Trinajstić information content (AvgIpc) is 2.77. The fraction of sp³-hybridized carbons (Fsp3) is 0.0909. The fourth-order valence-corrected chi connectivity index (χ4v) is 5.11. The molecule has 1 aromatic heterocycles. The number of nitrogens with one attached hydrogen (secondary N) is 1. The molecule has 21 heavy (non-hydrogen) atoms. The minimum absolute atomic E-state index is 0.113. The van der Waals surface area contributed by atoms with Crippen LogP contribution < -0.4 is 10.5 Å². The average molecular weight is 401 g/mol. The molecule has 2 aromatic rings. The Bertz CT molecular complexity index is 770. The standard InChI is InChI=1S/C11H8BrF3N2O2S2/c12-11-9(3-6(4-16)20-11)21(18,19)17-5-1-7(13)10(15)8(14)2-5/h1-3,17H,4,16H2. The quantitative estimate of drug-likeness (QED) is 0.774. The number of benzene rings is 1. The molecule has 1 aromatic carbocycles. The van der Waals surface area contributed by atoms with Crippen molar-refractivity contribution in [3.63, 3.8) is 0 Å². The van der Waals surface area contributed by atoms with Crippen LogP contribution in [0, 0.1) is 17.5 Å². The lowest BCUT2D eigenvalue weighted by Crippen LogP contribution is -2.13. The highest BCUT2D eigenvalue weighted by molar-refractivity contribution is 9.11. The fourth-order valence-electron chi connectivity index (χ4n) is 1.51. The second kappa shape index (κ2) is 5.95. The molecule has 0 aliphatic carbocycles.